The summed E-state index contributed by atoms with van der Waals surface area (Å²) in [4.78, 5) is 0. The fourth-order valence-electron chi connectivity index (χ4n) is 2.47. The Morgan fingerprint density at radius 3 is 3.10 bits per heavy atom. The minimum Gasteiger partial charge on any atom is -0.423 e. The molecule has 3 rings (SSSR count). The molecular formula is C15H19N3O2. The molecule has 0 saturated carbocycles. The third-order valence-electron chi connectivity index (χ3n) is 3.68. The molecule has 2 aromatic rings. The largest absolute Gasteiger partial charge is 0.423 e. The van der Waals surface area contributed by atoms with E-state index in [0.29, 0.717) is 11.8 Å². The number of rotatable bonds is 4. The van der Waals surface area contributed by atoms with E-state index in [2.05, 4.69) is 34.6 Å². The van der Waals surface area contributed by atoms with Crippen LogP contribution in [0.1, 0.15) is 18.4 Å². The number of nitrogens with zero attached hydrogens (tertiary/aromatic N) is 2. The lowest BCUT2D eigenvalue weighted by Crippen LogP contribution is -2.24. The molecule has 1 aromatic heterocycles. The van der Waals surface area contributed by atoms with Gasteiger partial charge in [-0.2, -0.15) is 0 Å². The zero-order valence-corrected chi connectivity index (χ0v) is 11.6. The smallest absolute Gasteiger partial charge is 0.247 e. The van der Waals surface area contributed by atoms with Gasteiger partial charge in [0.15, 0.2) is 0 Å². The van der Waals surface area contributed by atoms with Crippen molar-refractivity contribution >= 4 is 5.69 Å². The molecule has 0 bridgehead atoms. The van der Waals surface area contributed by atoms with Crippen LogP contribution in [0.4, 0.5) is 5.69 Å². The molecule has 1 fully saturated rings. The standard InChI is InChI=1S/C15H19N3O2/c1-11-4-5-13(15-18-17-10-20-15)7-14(11)16-8-12-3-2-6-19-9-12/h4-5,7,10,12,16H,2-3,6,8-9H2,1H3. The first-order chi connectivity index (χ1) is 9.83. The number of hydrogen-bond donors (Lipinski definition) is 1. The number of aromatic nitrogens is 2. The van der Waals surface area contributed by atoms with Gasteiger partial charge in [-0.05, 0) is 43.4 Å². The minimum absolute atomic E-state index is 0.550. The van der Waals surface area contributed by atoms with E-state index in [1.165, 1.54) is 18.4 Å². The molecule has 1 saturated heterocycles. The molecule has 0 amide bonds. The second kappa shape index (κ2) is 6.05. The van der Waals surface area contributed by atoms with Gasteiger partial charge in [0.1, 0.15) is 0 Å². The third kappa shape index (κ3) is 2.99. The fraction of sp³-hybridized carbons (Fsp3) is 0.467. The maximum Gasteiger partial charge on any atom is 0.247 e. The van der Waals surface area contributed by atoms with Gasteiger partial charge in [-0.3, -0.25) is 0 Å². The zero-order chi connectivity index (χ0) is 13.8. The molecule has 106 valence electrons. The molecule has 1 aliphatic heterocycles. The van der Waals surface area contributed by atoms with Crippen molar-refractivity contribution < 1.29 is 9.15 Å². The van der Waals surface area contributed by atoms with Gasteiger partial charge in [0, 0.05) is 24.4 Å². The van der Waals surface area contributed by atoms with E-state index in [0.717, 1.165) is 37.4 Å². The van der Waals surface area contributed by atoms with Crippen LogP contribution in [0.25, 0.3) is 11.5 Å². The monoisotopic (exact) mass is 273 g/mol. The normalized spacial score (nSPS) is 18.9. The fourth-order valence-corrected chi connectivity index (χ4v) is 2.47. The number of hydrogen-bond acceptors (Lipinski definition) is 5. The van der Waals surface area contributed by atoms with Gasteiger partial charge < -0.3 is 14.5 Å². The van der Waals surface area contributed by atoms with E-state index in [1.54, 1.807) is 0 Å². The topological polar surface area (TPSA) is 60.2 Å². The molecule has 5 nitrogen and oxygen atoms in total. The Morgan fingerprint density at radius 1 is 1.40 bits per heavy atom. The predicted molar refractivity (Wildman–Crippen MR) is 76.5 cm³/mol. The van der Waals surface area contributed by atoms with Crippen molar-refractivity contribution in [3.05, 3.63) is 30.2 Å². The van der Waals surface area contributed by atoms with Crippen LogP contribution in [0.15, 0.2) is 29.0 Å². The van der Waals surface area contributed by atoms with Gasteiger partial charge in [-0.25, -0.2) is 0 Å². The van der Waals surface area contributed by atoms with Crippen LogP contribution < -0.4 is 5.32 Å². The summed E-state index contributed by atoms with van der Waals surface area (Å²) in [6.45, 7) is 4.79. The summed E-state index contributed by atoms with van der Waals surface area (Å²) in [7, 11) is 0. The number of nitrogens with one attached hydrogen (secondary N) is 1. The molecule has 2 heterocycles. The highest BCUT2D eigenvalue weighted by atomic mass is 16.5. The Morgan fingerprint density at radius 2 is 2.35 bits per heavy atom. The second-order valence-electron chi connectivity index (χ2n) is 5.24. The molecule has 1 unspecified atom stereocenters. The Bertz CT molecular complexity index is 548. The van der Waals surface area contributed by atoms with Crippen LogP contribution in [0.5, 0.6) is 0 Å². The average Bonchev–Trinajstić information content (AvgIpc) is 3.02. The molecule has 5 heteroatoms. The molecular weight excluding hydrogens is 254 g/mol. The Balaban J connectivity index is 1.70. The van der Waals surface area contributed by atoms with Gasteiger partial charge >= 0.3 is 0 Å². The Kier molecular flexibility index (Phi) is 3.97. The van der Waals surface area contributed by atoms with Gasteiger partial charge in [-0.15, -0.1) is 10.2 Å². The van der Waals surface area contributed by atoms with Gasteiger partial charge in [0.2, 0.25) is 12.3 Å². The van der Waals surface area contributed by atoms with Crippen LogP contribution in [0.3, 0.4) is 0 Å². The predicted octanol–water partition coefficient (Wildman–Crippen LogP) is 2.88. The summed E-state index contributed by atoms with van der Waals surface area (Å²) in [6.07, 6.45) is 3.74. The molecule has 1 N–H and O–H groups in total. The lowest BCUT2D eigenvalue weighted by atomic mass is 10.0. The number of aryl methyl sites for hydroxylation is 1. The van der Waals surface area contributed by atoms with E-state index in [4.69, 9.17) is 9.15 Å². The number of ether oxygens (including phenoxy) is 1. The van der Waals surface area contributed by atoms with E-state index in [1.807, 2.05) is 6.07 Å². The molecule has 0 spiro atoms. The highest BCUT2D eigenvalue weighted by Gasteiger charge is 2.14. The van der Waals surface area contributed by atoms with E-state index in [9.17, 15) is 0 Å². The van der Waals surface area contributed by atoms with Crippen molar-refractivity contribution in [2.75, 3.05) is 25.1 Å². The SMILES string of the molecule is Cc1ccc(-c2nnco2)cc1NCC1CCCOC1. The van der Waals surface area contributed by atoms with Crippen molar-refractivity contribution in [3.8, 4) is 11.5 Å². The van der Waals surface area contributed by atoms with E-state index < -0.39 is 0 Å². The summed E-state index contributed by atoms with van der Waals surface area (Å²) < 4.78 is 10.7. The number of benzene rings is 1. The maximum absolute atomic E-state index is 5.51. The van der Waals surface area contributed by atoms with Gasteiger partial charge in [0.25, 0.3) is 0 Å². The summed E-state index contributed by atoms with van der Waals surface area (Å²) in [5.74, 6) is 1.14. The maximum atomic E-state index is 5.51. The van der Waals surface area contributed by atoms with Crippen LogP contribution in [0.2, 0.25) is 0 Å². The highest BCUT2D eigenvalue weighted by molar-refractivity contribution is 5.64. The van der Waals surface area contributed by atoms with E-state index in [-0.39, 0.29) is 0 Å². The van der Waals surface area contributed by atoms with Crippen LogP contribution in [0, 0.1) is 12.8 Å². The molecule has 20 heavy (non-hydrogen) atoms. The van der Waals surface area contributed by atoms with Crippen molar-refractivity contribution in [2.45, 2.75) is 19.8 Å². The first-order valence-electron chi connectivity index (χ1n) is 7.02. The summed E-state index contributed by atoms with van der Waals surface area (Å²) in [5.41, 5.74) is 3.27. The van der Waals surface area contributed by atoms with Gasteiger partial charge in [-0.1, -0.05) is 6.07 Å². The van der Waals surface area contributed by atoms with Crippen LogP contribution >= 0.6 is 0 Å². The zero-order valence-electron chi connectivity index (χ0n) is 11.6. The first kappa shape index (κ1) is 13.1. The van der Waals surface area contributed by atoms with Crippen LogP contribution in [-0.2, 0) is 4.74 Å². The third-order valence-corrected chi connectivity index (χ3v) is 3.68. The molecule has 0 radical (unpaired) electrons. The van der Waals surface area contributed by atoms with Crippen molar-refractivity contribution in [3.63, 3.8) is 0 Å². The molecule has 1 atom stereocenters. The van der Waals surface area contributed by atoms with Crippen molar-refractivity contribution in [2.24, 2.45) is 5.92 Å². The van der Waals surface area contributed by atoms with Gasteiger partial charge in [0.05, 0.1) is 6.61 Å². The highest BCUT2D eigenvalue weighted by Crippen LogP contribution is 2.24. The number of anilines is 1. The van der Waals surface area contributed by atoms with Crippen LogP contribution in [-0.4, -0.2) is 30.0 Å². The average molecular weight is 273 g/mol. The summed E-state index contributed by atoms with van der Waals surface area (Å²) in [5, 5.41) is 11.2. The van der Waals surface area contributed by atoms with E-state index >= 15 is 0 Å². The molecule has 1 aromatic carbocycles. The molecule has 0 aliphatic carbocycles. The second-order valence-corrected chi connectivity index (χ2v) is 5.24. The lowest BCUT2D eigenvalue weighted by Gasteiger charge is -2.23. The Hall–Kier alpha value is -1.88. The van der Waals surface area contributed by atoms with Crippen molar-refractivity contribution in [1.29, 1.82) is 0 Å². The summed E-state index contributed by atoms with van der Waals surface area (Å²) in [6, 6.07) is 6.13. The summed E-state index contributed by atoms with van der Waals surface area (Å²) >= 11 is 0. The first-order valence-corrected chi connectivity index (χ1v) is 7.02. The molecule has 1 aliphatic rings. The lowest BCUT2D eigenvalue weighted by molar-refractivity contribution is 0.0595. The van der Waals surface area contributed by atoms with Crippen molar-refractivity contribution in [1.82, 2.24) is 10.2 Å². The minimum atomic E-state index is 0.550. The Labute approximate surface area is 118 Å². The quantitative estimate of drug-likeness (QED) is 0.928.